The zero-order valence-electron chi connectivity index (χ0n) is 11.7. The molecule has 0 saturated carbocycles. The lowest BCUT2D eigenvalue weighted by molar-refractivity contribution is 0.204. The van der Waals surface area contributed by atoms with Gasteiger partial charge in [-0.3, -0.25) is 9.88 Å². The van der Waals surface area contributed by atoms with E-state index < -0.39 is 0 Å². The summed E-state index contributed by atoms with van der Waals surface area (Å²) < 4.78 is 0. The summed E-state index contributed by atoms with van der Waals surface area (Å²) in [6, 6.07) is 12.4. The smallest absolute Gasteiger partial charge is 0.0349 e. The third-order valence-electron chi connectivity index (χ3n) is 4.15. The molecule has 0 amide bonds. The van der Waals surface area contributed by atoms with E-state index in [2.05, 4.69) is 28.1 Å². The highest BCUT2D eigenvalue weighted by molar-refractivity contribution is 5.48. The molecule has 0 atom stereocenters. The predicted molar refractivity (Wildman–Crippen MR) is 82.3 cm³/mol. The first-order valence-electron chi connectivity index (χ1n) is 7.28. The van der Waals surface area contributed by atoms with Crippen molar-refractivity contribution >= 4 is 5.69 Å². The van der Waals surface area contributed by atoms with Crippen LogP contribution < -0.4 is 5.73 Å². The van der Waals surface area contributed by atoms with Crippen LogP contribution in [0.25, 0.3) is 0 Å². The van der Waals surface area contributed by atoms with Crippen molar-refractivity contribution in [3.63, 3.8) is 0 Å². The Morgan fingerprint density at radius 1 is 1.10 bits per heavy atom. The monoisotopic (exact) mass is 267 g/mol. The molecule has 0 bridgehead atoms. The molecular formula is C17H21N3. The highest BCUT2D eigenvalue weighted by Crippen LogP contribution is 2.31. The Labute approximate surface area is 120 Å². The molecule has 1 aliphatic rings. The SMILES string of the molecule is Nc1ccccc1C1CCN(Cc2cccnc2)CC1. The molecule has 1 saturated heterocycles. The molecule has 3 heteroatoms. The summed E-state index contributed by atoms with van der Waals surface area (Å²) in [4.78, 5) is 6.69. The van der Waals surface area contributed by atoms with Gasteiger partial charge in [0.05, 0.1) is 0 Å². The Kier molecular flexibility index (Phi) is 3.97. The molecule has 0 aliphatic carbocycles. The minimum Gasteiger partial charge on any atom is -0.398 e. The maximum atomic E-state index is 6.09. The van der Waals surface area contributed by atoms with Gasteiger partial charge in [-0.05, 0) is 55.1 Å². The van der Waals surface area contributed by atoms with Gasteiger partial charge in [0.2, 0.25) is 0 Å². The van der Waals surface area contributed by atoms with Crippen molar-refractivity contribution in [2.24, 2.45) is 0 Å². The number of anilines is 1. The number of nitrogens with two attached hydrogens (primary N) is 1. The molecule has 0 radical (unpaired) electrons. The van der Waals surface area contributed by atoms with E-state index in [0.717, 1.165) is 25.3 Å². The molecule has 1 aromatic heterocycles. The molecule has 3 rings (SSSR count). The zero-order chi connectivity index (χ0) is 13.8. The van der Waals surface area contributed by atoms with Crippen molar-refractivity contribution in [1.82, 2.24) is 9.88 Å². The number of pyridine rings is 1. The zero-order valence-corrected chi connectivity index (χ0v) is 11.7. The summed E-state index contributed by atoms with van der Waals surface area (Å²) in [7, 11) is 0. The molecule has 1 aromatic carbocycles. The van der Waals surface area contributed by atoms with Gasteiger partial charge in [0.15, 0.2) is 0 Å². The van der Waals surface area contributed by atoms with E-state index in [1.54, 1.807) is 0 Å². The lowest BCUT2D eigenvalue weighted by Crippen LogP contribution is -2.32. The van der Waals surface area contributed by atoms with E-state index in [9.17, 15) is 0 Å². The summed E-state index contributed by atoms with van der Waals surface area (Å²) >= 11 is 0. The summed E-state index contributed by atoms with van der Waals surface area (Å²) in [5.74, 6) is 0.612. The number of rotatable bonds is 3. The van der Waals surface area contributed by atoms with Gasteiger partial charge in [0.25, 0.3) is 0 Å². The fourth-order valence-electron chi connectivity index (χ4n) is 3.03. The molecule has 1 aliphatic heterocycles. The molecule has 0 unspecified atom stereocenters. The second kappa shape index (κ2) is 6.06. The summed E-state index contributed by atoms with van der Waals surface area (Å²) in [6.07, 6.45) is 6.16. The Morgan fingerprint density at radius 2 is 1.90 bits per heavy atom. The lowest BCUT2D eigenvalue weighted by Gasteiger charge is -2.32. The van der Waals surface area contributed by atoms with Gasteiger partial charge in [0.1, 0.15) is 0 Å². The molecular weight excluding hydrogens is 246 g/mol. The van der Waals surface area contributed by atoms with Crippen LogP contribution in [0.15, 0.2) is 48.8 Å². The van der Waals surface area contributed by atoms with Gasteiger partial charge in [-0.15, -0.1) is 0 Å². The molecule has 2 aromatic rings. The second-order valence-electron chi connectivity index (χ2n) is 5.54. The van der Waals surface area contributed by atoms with E-state index in [1.165, 1.54) is 24.0 Å². The van der Waals surface area contributed by atoms with Gasteiger partial charge >= 0.3 is 0 Å². The van der Waals surface area contributed by atoms with Crippen LogP contribution in [0.3, 0.4) is 0 Å². The Morgan fingerprint density at radius 3 is 2.60 bits per heavy atom. The number of aromatic nitrogens is 1. The second-order valence-corrected chi connectivity index (χ2v) is 5.54. The number of piperidine rings is 1. The highest BCUT2D eigenvalue weighted by Gasteiger charge is 2.21. The largest absolute Gasteiger partial charge is 0.398 e. The van der Waals surface area contributed by atoms with E-state index in [1.807, 2.05) is 30.6 Å². The number of nitrogens with zero attached hydrogens (tertiary/aromatic N) is 2. The van der Waals surface area contributed by atoms with Gasteiger partial charge in [-0.1, -0.05) is 24.3 Å². The van der Waals surface area contributed by atoms with Crippen molar-refractivity contribution in [3.05, 3.63) is 59.9 Å². The first-order chi connectivity index (χ1) is 9.83. The molecule has 20 heavy (non-hydrogen) atoms. The first kappa shape index (κ1) is 13.1. The normalized spacial score (nSPS) is 17.2. The van der Waals surface area contributed by atoms with Crippen LogP contribution in [0.2, 0.25) is 0 Å². The van der Waals surface area contributed by atoms with Gasteiger partial charge < -0.3 is 5.73 Å². The maximum Gasteiger partial charge on any atom is 0.0349 e. The molecule has 0 spiro atoms. The van der Waals surface area contributed by atoms with Crippen molar-refractivity contribution in [2.45, 2.75) is 25.3 Å². The Bertz CT molecular complexity index is 545. The van der Waals surface area contributed by atoms with Crippen molar-refractivity contribution in [1.29, 1.82) is 0 Å². The first-order valence-corrected chi connectivity index (χ1v) is 7.28. The van der Waals surface area contributed by atoms with E-state index >= 15 is 0 Å². The molecule has 2 N–H and O–H groups in total. The summed E-state index contributed by atoms with van der Waals surface area (Å²) in [5, 5.41) is 0. The fourth-order valence-corrected chi connectivity index (χ4v) is 3.03. The number of hydrogen-bond acceptors (Lipinski definition) is 3. The van der Waals surface area contributed by atoms with Crippen molar-refractivity contribution in [2.75, 3.05) is 18.8 Å². The van der Waals surface area contributed by atoms with E-state index in [-0.39, 0.29) is 0 Å². The van der Waals surface area contributed by atoms with Crippen LogP contribution in [0.1, 0.15) is 29.9 Å². The van der Waals surface area contributed by atoms with Crippen molar-refractivity contribution < 1.29 is 0 Å². The quantitative estimate of drug-likeness (QED) is 0.869. The van der Waals surface area contributed by atoms with Crippen LogP contribution in [0.5, 0.6) is 0 Å². The van der Waals surface area contributed by atoms with Gasteiger partial charge in [0, 0.05) is 24.6 Å². The maximum absolute atomic E-state index is 6.09. The van der Waals surface area contributed by atoms with E-state index in [4.69, 9.17) is 5.73 Å². The minimum absolute atomic E-state index is 0.612. The van der Waals surface area contributed by atoms with Crippen LogP contribution in [0, 0.1) is 0 Å². The summed E-state index contributed by atoms with van der Waals surface area (Å²) in [5.41, 5.74) is 9.65. The fraction of sp³-hybridized carbons (Fsp3) is 0.353. The highest BCUT2D eigenvalue weighted by atomic mass is 15.1. The summed E-state index contributed by atoms with van der Waals surface area (Å²) in [6.45, 7) is 3.27. The number of nitrogen functional groups attached to an aromatic ring is 1. The standard InChI is InChI=1S/C17H21N3/c18-17-6-2-1-5-16(17)15-7-10-20(11-8-15)13-14-4-3-9-19-12-14/h1-6,9,12,15H,7-8,10-11,13,18H2. The lowest BCUT2D eigenvalue weighted by atomic mass is 9.88. The average molecular weight is 267 g/mol. The van der Waals surface area contributed by atoms with Crippen LogP contribution in [0.4, 0.5) is 5.69 Å². The van der Waals surface area contributed by atoms with E-state index in [0.29, 0.717) is 5.92 Å². The van der Waals surface area contributed by atoms with Gasteiger partial charge in [-0.2, -0.15) is 0 Å². The molecule has 3 nitrogen and oxygen atoms in total. The van der Waals surface area contributed by atoms with Gasteiger partial charge in [-0.25, -0.2) is 0 Å². The predicted octanol–water partition coefficient (Wildman–Crippen LogP) is 3.04. The third-order valence-corrected chi connectivity index (χ3v) is 4.15. The molecule has 104 valence electrons. The molecule has 1 fully saturated rings. The Hall–Kier alpha value is -1.87. The number of para-hydroxylation sites is 1. The number of benzene rings is 1. The topological polar surface area (TPSA) is 42.1 Å². The van der Waals surface area contributed by atoms with Crippen LogP contribution in [-0.4, -0.2) is 23.0 Å². The average Bonchev–Trinajstić information content (AvgIpc) is 2.50. The third kappa shape index (κ3) is 2.99. The molecule has 2 heterocycles. The number of hydrogen-bond donors (Lipinski definition) is 1. The number of likely N-dealkylation sites (tertiary alicyclic amines) is 1. The van der Waals surface area contributed by atoms with Crippen LogP contribution in [-0.2, 0) is 6.54 Å². The van der Waals surface area contributed by atoms with Crippen LogP contribution >= 0.6 is 0 Å². The Balaban J connectivity index is 1.59. The minimum atomic E-state index is 0.612. The van der Waals surface area contributed by atoms with Crippen molar-refractivity contribution in [3.8, 4) is 0 Å².